The third kappa shape index (κ3) is 4.41. The molecular formula is C14H25N5O3. The Labute approximate surface area is 130 Å². The van der Waals surface area contributed by atoms with Crippen LogP contribution in [0.5, 0.6) is 0 Å². The lowest BCUT2D eigenvalue weighted by atomic mass is 10.0. The summed E-state index contributed by atoms with van der Waals surface area (Å²) in [5.41, 5.74) is 5.21. The molecule has 0 aromatic heterocycles. The number of nitrogens with zero attached hydrogens (tertiary/aromatic N) is 3. The summed E-state index contributed by atoms with van der Waals surface area (Å²) in [5, 5.41) is 3.04. The third-order valence-corrected chi connectivity index (χ3v) is 4.39. The number of likely N-dealkylation sites (tertiary alicyclic amines) is 1. The monoisotopic (exact) mass is 311 g/mol. The third-order valence-electron chi connectivity index (χ3n) is 4.39. The van der Waals surface area contributed by atoms with Crippen LogP contribution in [0.25, 0.3) is 0 Å². The van der Waals surface area contributed by atoms with Crippen LogP contribution in [0.3, 0.4) is 0 Å². The highest BCUT2D eigenvalue weighted by Gasteiger charge is 2.33. The molecule has 1 unspecified atom stereocenters. The van der Waals surface area contributed by atoms with Crippen molar-refractivity contribution in [3.05, 3.63) is 0 Å². The van der Waals surface area contributed by atoms with E-state index < -0.39 is 11.9 Å². The van der Waals surface area contributed by atoms with E-state index >= 15 is 0 Å². The van der Waals surface area contributed by atoms with Crippen LogP contribution in [-0.2, 0) is 14.4 Å². The summed E-state index contributed by atoms with van der Waals surface area (Å²) in [4.78, 5) is 40.2. The molecule has 0 aromatic carbocycles. The molecule has 124 valence electrons. The summed E-state index contributed by atoms with van der Waals surface area (Å²) in [6, 6.07) is -0.394. The fourth-order valence-electron chi connectivity index (χ4n) is 3.03. The molecule has 8 nitrogen and oxygen atoms in total. The van der Waals surface area contributed by atoms with E-state index in [2.05, 4.69) is 17.3 Å². The first-order valence-corrected chi connectivity index (χ1v) is 7.70. The van der Waals surface area contributed by atoms with E-state index in [1.807, 2.05) is 4.90 Å². The van der Waals surface area contributed by atoms with E-state index in [0.717, 1.165) is 25.9 Å². The first-order valence-electron chi connectivity index (χ1n) is 7.70. The summed E-state index contributed by atoms with van der Waals surface area (Å²) in [6.45, 7) is 3.37. The molecule has 0 aliphatic carbocycles. The minimum absolute atomic E-state index is 0.116. The van der Waals surface area contributed by atoms with Gasteiger partial charge in [0.1, 0.15) is 6.04 Å². The molecule has 8 heteroatoms. The van der Waals surface area contributed by atoms with E-state index in [9.17, 15) is 14.4 Å². The van der Waals surface area contributed by atoms with Crippen molar-refractivity contribution in [1.29, 1.82) is 0 Å². The zero-order valence-electron chi connectivity index (χ0n) is 13.0. The topological polar surface area (TPSA) is 99.0 Å². The van der Waals surface area contributed by atoms with Gasteiger partial charge in [-0.3, -0.25) is 19.3 Å². The molecule has 2 aliphatic rings. The quantitative estimate of drug-likeness (QED) is 0.563. The molecule has 3 N–H and O–H groups in total. The Kier molecular flexibility index (Phi) is 5.73. The van der Waals surface area contributed by atoms with Gasteiger partial charge in [0.15, 0.2) is 0 Å². The average molecular weight is 311 g/mol. The molecule has 0 spiro atoms. The lowest BCUT2D eigenvalue weighted by Crippen LogP contribution is -2.60. The number of nitrogens with two attached hydrogens (primary N) is 1. The number of piperidine rings is 1. The van der Waals surface area contributed by atoms with Crippen molar-refractivity contribution in [1.82, 2.24) is 20.0 Å². The lowest BCUT2D eigenvalue weighted by molar-refractivity contribution is -0.137. The van der Waals surface area contributed by atoms with Gasteiger partial charge < -0.3 is 20.9 Å². The number of rotatable bonds is 5. The Morgan fingerprint density at radius 3 is 2.50 bits per heavy atom. The van der Waals surface area contributed by atoms with E-state index in [-0.39, 0.29) is 18.5 Å². The Morgan fingerprint density at radius 1 is 1.23 bits per heavy atom. The molecule has 2 fully saturated rings. The average Bonchev–Trinajstić information content (AvgIpc) is 2.49. The fraction of sp³-hybridized carbons (Fsp3) is 0.786. The normalized spacial score (nSPS) is 25.0. The van der Waals surface area contributed by atoms with Gasteiger partial charge in [-0.05, 0) is 33.0 Å². The van der Waals surface area contributed by atoms with Crippen molar-refractivity contribution < 1.29 is 14.4 Å². The van der Waals surface area contributed by atoms with Gasteiger partial charge in [0.25, 0.3) is 0 Å². The zero-order valence-corrected chi connectivity index (χ0v) is 13.0. The number of hydrogen-bond acceptors (Lipinski definition) is 5. The molecule has 2 aliphatic heterocycles. The maximum atomic E-state index is 12.5. The summed E-state index contributed by atoms with van der Waals surface area (Å²) in [7, 11) is 2.06. The maximum absolute atomic E-state index is 12.5. The number of carbonyl (C=O) groups is 3. The Bertz CT molecular complexity index is 423. The van der Waals surface area contributed by atoms with Crippen molar-refractivity contribution in [2.24, 2.45) is 5.73 Å². The van der Waals surface area contributed by atoms with Crippen LogP contribution in [0, 0.1) is 0 Å². The zero-order chi connectivity index (χ0) is 16.1. The molecule has 2 heterocycles. The summed E-state index contributed by atoms with van der Waals surface area (Å²) >= 11 is 0. The molecule has 0 bridgehead atoms. The molecule has 22 heavy (non-hydrogen) atoms. The molecule has 1 atom stereocenters. The highest BCUT2D eigenvalue weighted by Crippen LogP contribution is 2.12. The summed E-state index contributed by atoms with van der Waals surface area (Å²) in [5.74, 6) is -0.565. The molecule has 2 saturated heterocycles. The molecule has 0 saturated carbocycles. The summed E-state index contributed by atoms with van der Waals surface area (Å²) < 4.78 is 0. The van der Waals surface area contributed by atoms with Gasteiger partial charge in [-0.25, -0.2) is 0 Å². The van der Waals surface area contributed by atoms with Crippen LogP contribution in [0.1, 0.15) is 12.8 Å². The molecule has 0 aromatic rings. The van der Waals surface area contributed by atoms with E-state index in [1.54, 1.807) is 0 Å². The standard InChI is InChI=1S/C14H25N5O3/c1-17-4-2-11(3-5-17)16-14(22)12-8-18(9-13(15)21)6-7-19(12)10-20/h10-12H,2-9H2,1H3,(H2,15,21)(H,16,22). The van der Waals surface area contributed by atoms with Crippen molar-refractivity contribution in [2.45, 2.75) is 24.9 Å². The lowest BCUT2D eigenvalue weighted by Gasteiger charge is -2.39. The van der Waals surface area contributed by atoms with Gasteiger partial charge in [0.05, 0.1) is 6.54 Å². The van der Waals surface area contributed by atoms with E-state index in [0.29, 0.717) is 26.0 Å². The van der Waals surface area contributed by atoms with Gasteiger partial charge in [-0.2, -0.15) is 0 Å². The van der Waals surface area contributed by atoms with Crippen LogP contribution in [0.15, 0.2) is 0 Å². The van der Waals surface area contributed by atoms with Gasteiger partial charge in [-0.15, -0.1) is 0 Å². The predicted molar refractivity (Wildman–Crippen MR) is 80.9 cm³/mol. The number of primary amides is 1. The number of amides is 3. The number of nitrogens with one attached hydrogen (secondary N) is 1. The van der Waals surface area contributed by atoms with Crippen LogP contribution in [-0.4, -0.2) is 91.3 Å². The minimum Gasteiger partial charge on any atom is -0.369 e. The van der Waals surface area contributed by atoms with Gasteiger partial charge in [0, 0.05) is 25.7 Å². The van der Waals surface area contributed by atoms with Gasteiger partial charge >= 0.3 is 0 Å². The Balaban J connectivity index is 1.92. The van der Waals surface area contributed by atoms with Crippen molar-refractivity contribution in [3.63, 3.8) is 0 Å². The Morgan fingerprint density at radius 2 is 1.91 bits per heavy atom. The first-order chi connectivity index (χ1) is 10.5. The van der Waals surface area contributed by atoms with E-state index in [1.165, 1.54) is 4.90 Å². The van der Waals surface area contributed by atoms with Crippen molar-refractivity contribution in [2.75, 3.05) is 46.3 Å². The number of carbonyl (C=O) groups excluding carboxylic acids is 3. The summed E-state index contributed by atoms with van der Waals surface area (Å²) in [6.07, 6.45) is 2.54. The first kappa shape index (κ1) is 16.7. The SMILES string of the molecule is CN1CCC(NC(=O)C2CN(CC(N)=O)CCN2C=O)CC1. The predicted octanol–water partition coefficient (Wildman–Crippen LogP) is -2.18. The van der Waals surface area contributed by atoms with Crippen molar-refractivity contribution in [3.8, 4) is 0 Å². The second-order valence-corrected chi connectivity index (χ2v) is 6.15. The molecule has 3 amide bonds. The van der Waals surface area contributed by atoms with Crippen LogP contribution in [0.4, 0.5) is 0 Å². The van der Waals surface area contributed by atoms with Gasteiger partial charge in [-0.1, -0.05) is 0 Å². The van der Waals surface area contributed by atoms with Crippen LogP contribution in [0.2, 0.25) is 0 Å². The largest absolute Gasteiger partial charge is 0.369 e. The molecular weight excluding hydrogens is 286 g/mol. The second kappa shape index (κ2) is 7.55. The minimum atomic E-state index is -0.551. The highest BCUT2D eigenvalue weighted by molar-refractivity contribution is 5.84. The van der Waals surface area contributed by atoms with Crippen LogP contribution < -0.4 is 11.1 Å². The van der Waals surface area contributed by atoms with Gasteiger partial charge in [0.2, 0.25) is 18.2 Å². The van der Waals surface area contributed by atoms with Crippen LogP contribution >= 0.6 is 0 Å². The number of hydrogen-bond donors (Lipinski definition) is 2. The van der Waals surface area contributed by atoms with Crippen molar-refractivity contribution >= 4 is 18.2 Å². The van der Waals surface area contributed by atoms with E-state index in [4.69, 9.17) is 5.73 Å². The highest BCUT2D eigenvalue weighted by atomic mass is 16.2. The fourth-order valence-corrected chi connectivity index (χ4v) is 3.03. The molecule has 0 radical (unpaired) electrons. The maximum Gasteiger partial charge on any atom is 0.244 e. The Hall–Kier alpha value is -1.67. The second-order valence-electron chi connectivity index (χ2n) is 6.15. The smallest absolute Gasteiger partial charge is 0.244 e. The molecule has 2 rings (SSSR count). The number of piperazine rings is 1.